The van der Waals surface area contributed by atoms with Gasteiger partial charge in [-0.15, -0.1) is 0 Å². The molecule has 1 aromatic carbocycles. The molecule has 1 aromatic heterocycles. The van der Waals surface area contributed by atoms with Gasteiger partial charge < -0.3 is 20.1 Å². The minimum Gasteiger partial charge on any atom is -0.504 e. The predicted molar refractivity (Wildman–Crippen MR) is 60.6 cm³/mol. The molecule has 90 valence electrons. The van der Waals surface area contributed by atoms with E-state index in [-0.39, 0.29) is 12.3 Å². The number of nitrogens with two attached hydrogens (primary N) is 1. The van der Waals surface area contributed by atoms with Crippen LogP contribution in [0.1, 0.15) is 11.5 Å². The third-order valence-electron chi connectivity index (χ3n) is 2.42. The topological polar surface area (TPSA) is 94.4 Å². The van der Waals surface area contributed by atoms with Crippen LogP contribution in [0.5, 0.6) is 11.5 Å². The Morgan fingerprint density at radius 3 is 2.82 bits per heavy atom. The average molecular weight is 235 g/mol. The smallest absolute Gasteiger partial charge is 0.240 e. The monoisotopic (exact) mass is 235 g/mol. The standard InChI is InChI=1S/C11H13N3O3/c1-6-3-4-7(10(16-2)9(6)15)11-13-8(5-12)17-14-11/h3-4,15H,5,12H2,1-2H3. The van der Waals surface area contributed by atoms with Gasteiger partial charge in [0.05, 0.1) is 19.2 Å². The fourth-order valence-electron chi connectivity index (χ4n) is 1.50. The Labute approximate surface area is 98.0 Å². The van der Waals surface area contributed by atoms with E-state index < -0.39 is 0 Å². The summed E-state index contributed by atoms with van der Waals surface area (Å²) in [6, 6.07) is 3.52. The molecule has 0 spiro atoms. The fraction of sp³-hybridized carbons (Fsp3) is 0.273. The summed E-state index contributed by atoms with van der Waals surface area (Å²) in [6.45, 7) is 1.95. The van der Waals surface area contributed by atoms with Crippen LogP contribution in [0.4, 0.5) is 0 Å². The molecule has 0 amide bonds. The van der Waals surface area contributed by atoms with Gasteiger partial charge in [-0.05, 0) is 18.6 Å². The van der Waals surface area contributed by atoms with E-state index in [2.05, 4.69) is 10.1 Å². The van der Waals surface area contributed by atoms with Crippen molar-refractivity contribution in [2.45, 2.75) is 13.5 Å². The quantitative estimate of drug-likeness (QED) is 0.830. The van der Waals surface area contributed by atoms with Crippen LogP contribution >= 0.6 is 0 Å². The Bertz CT molecular complexity index is 537. The number of aryl methyl sites for hydroxylation is 1. The van der Waals surface area contributed by atoms with Crippen molar-refractivity contribution < 1.29 is 14.4 Å². The summed E-state index contributed by atoms with van der Waals surface area (Å²) in [6.07, 6.45) is 0. The van der Waals surface area contributed by atoms with E-state index in [0.717, 1.165) is 0 Å². The van der Waals surface area contributed by atoms with E-state index in [1.54, 1.807) is 19.1 Å². The lowest BCUT2D eigenvalue weighted by Crippen LogP contribution is -1.96. The maximum Gasteiger partial charge on any atom is 0.240 e. The molecule has 0 unspecified atom stereocenters. The molecule has 0 atom stereocenters. The molecule has 3 N–H and O–H groups in total. The normalized spacial score (nSPS) is 10.5. The summed E-state index contributed by atoms with van der Waals surface area (Å²) in [5.74, 6) is 1.08. The SMILES string of the molecule is COc1c(-c2noc(CN)n2)ccc(C)c1O. The molecule has 6 heteroatoms. The second-order valence-electron chi connectivity index (χ2n) is 3.53. The summed E-state index contributed by atoms with van der Waals surface area (Å²) in [7, 11) is 1.47. The van der Waals surface area contributed by atoms with E-state index >= 15 is 0 Å². The van der Waals surface area contributed by atoms with Crippen molar-refractivity contribution in [2.75, 3.05) is 7.11 Å². The van der Waals surface area contributed by atoms with E-state index in [9.17, 15) is 5.11 Å². The van der Waals surface area contributed by atoms with Gasteiger partial charge in [0.15, 0.2) is 11.5 Å². The number of hydrogen-bond acceptors (Lipinski definition) is 6. The first-order valence-corrected chi connectivity index (χ1v) is 5.07. The number of rotatable bonds is 3. The van der Waals surface area contributed by atoms with Crippen LogP contribution < -0.4 is 10.5 Å². The lowest BCUT2D eigenvalue weighted by molar-refractivity contribution is 0.370. The fourth-order valence-corrected chi connectivity index (χ4v) is 1.50. The van der Waals surface area contributed by atoms with E-state index in [1.807, 2.05) is 0 Å². The Hall–Kier alpha value is -2.08. The van der Waals surface area contributed by atoms with Crippen molar-refractivity contribution in [2.24, 2.45) is 5.73 Å². The molecular weight excluding hydrogens is 222 g/mol. The lowest BCUT2D eigenvalue weighted by Gasteiger charge is -2.09. The van der Waals surface area contributed by atoms with Gasteiger partial charge >= 0.3 is 0 Å². The first-order chi connectivity index (χ1) is 8.17. The van der Waals surface area contributed by atoms with Crippen LogP contribution in [0.15, 0.2) is 16.7 Å². The molecule has 2 aromatic rings. The Morgan fingerprint density at radius 1 is 1.47 bits per heavy atom. The van der Waals surface area contributed by atoms with Crippen LogP contribution in [-0.4, -0.2) is 22.4 Å². The zero-order valence-corrected chi connectivity index (χ0v) is 9.60. The predicted octanol–water partition coefficient (Wildman–Crippen LogP) is 1.22. The van der Waals surface area contributed by atoms with Gasteiger partial charge in [-0.3, -0.25) is 0 Å². The van der Waals surface area contributed by atoms with Gasteiger partial charge in [-0.2, -0.15) is 4.98 Å². The molecule has 0 aliphatic carbocycles. The second-order valence-corrected chi connectivity index (χ2v) is 3.53. The number of ether oxygens (including phenoxy) is 1. The van der Waals surface area contributed by atoms with E-state index in [1.165, 1.54) is 7.11 Å². The highest BCUT2D eigenvalue weighted by Crippen LogP contribution is 2.38. The van der Waals surface area contributed by atoms with Gasteiger partial charge in [0.1, 0.15) is 0 Å². The minimum absolute atomic E-state index is 0.0732. The van der Waals surface area contributed by atoms with Crippen molar-refractivity contribution in [3.63, 3.8) is 0 Å². The Balaban J connectivity index is 2.55. The van der Waals surface area contributed by atoms with Gasteiger partial charge in [-0.25, -0.2) is 0 Å². The van der Waals surface area contributed by atoms with Crippen LogP contribution in [0, 0.1) is 6.92 Å². The molecule has 0 radical (unpaired) electrons. The van der Waals surface area contributed by atoms with Gasteiger partial charge in [0.2, 0.25) is 11.7 Å². The number of aromatic hydroxyl groups is 1. The molecule has 0 fully saturated rings. The van der Waals surface area contributed by atoms with Crippen molar-refractivity contribution in [1.82, 2.24) is 10.1 Å². The van der Waals surface area contributed by atoms with Gasteiger partial charge in [0.25, 0.3) is 0 Å². The first kappa shape index (κ1) is 11.4. The number of phenols is 1. The van der Waals surface area contributed by atoms with Crippen LogP contribution in [0.3, 0.4) is 0 Å². The van der Waals surface area contributed by atoms with Gasteiger partial charge in [0, 0.05) is 0 Å². The van der Waals surface area contributed by atoms with E-state index in [0.29, 0.717) is 28.6 Å². The van der Waals surface area contributed by atoms with Gasteiger partial charge in [-0.1, -0.05) is 11.2 Å². The van der Waals surface area contributed by atoms with Crippen molar-refractivity contribution in [3.8, 4) is 22.9 Å². The number of aromatic nitrogens is 2. The zero-order valence-electron chi connectivity index (χ0n) is 9.60. The summed E-state index contributed by atoms with van der Waals surface area (Å²) in [4.78, 5) is 4.08. The molecule has 17 heavy (non-hydrogen) atoms. The highest BCUT2D eigenvalue weighted by molar-refractivity contribution is 5.69. The molecule has 1 heterocycles. The molecule has 0 aliphatic heterocycles. The molecule has 0 saturated heterocycles. The zero-order chi connectivity index (χ0) is 12.4. The lowest BCUT2D eigenvalue weighted by atomic mass is 10.1. The molecule has 0 aliphatic rings. The highest BCUT2D eigenvalue weighted by Gasteiger charge is 2.17. The summed E-state index contributed by atoms with van der Waals surface area (Å²) in [5.41, 5.74) is 6.67. The maximum atomic E-state index is 9.87. The number of phenolic OH excluding ortho intramolecular Hbond substituents is 1. The maximum absolute atomic E-state index is 9.87. The summed E-state index contributed by atoms with van der Waals surface area (Å²) in [5, 5.41) is 13.6. The van der Waals surface area contributed by atoms with Crippen LogP contribution in [-0.2, 0) is 6.54 Å². The second kappa shape index (κ2) is 4.42. The van der Waals surface area contributed by atoms with Crippen LogP contribution in [0.2, 0.25) is 0 Å². The Morgan fingerprint density at radius 2 is 2.24 bits per heavy atom. The van der Waals surface area contributed by atoms with E-state index in [4.69, 9.17) is 15.0 Å². The number of benzene rings is 1. The largest absolute Gasteiger partial charge is 0.504 e. The molecule has 0 bridgehead atoms. The third kappa shape index (κ3) is 1.94. The molecular formula is C11H13N3O3. The highest BCUT2D eigenvalue weighted by atomic mass is 16.5. The van der Waals surface area contributed by atoms with Crippen molar-refractivity contribution in [3.05, 3.63) is 23.6 Å². The molecule has 0 saturated carbocycles. The summed E-state index contributed by atoms with van der Waals surface area (Å²) >= 11 is 0. The number of methoxy groups -OCH3 is 1. The average Bonchev–Trinajstić information content (AvgIpc) is 2.81. The number of hydrogen-bond donors (Lipinski definition) is 2. The first-order valence-electron chi connectivity index (χ1n) is 5.07. The molecule has 2 rings (SSSR count). The van der Waals surface area contributed by atoms with Crippen LogP contribution in [0.25, 0.3) is 11.4 Å². The van der Waals surface area contributed by atoms with Crippen molar-refractivity contribution >= 4 is 0 Å². The number of nitrogens with zero attached hydrogens (tertiary/aromatic N) is 2. The summed E-state index contributed by atoms with van der Waals surface area (Å²) < 4.78 is 10.1. The Kier molecular flexibility index (Phi) is 2.97. The van der Waals surface area contributed by atoms with Crippen molar-refractivity contribution in [1.29, 1.82) is 0 Å². The molecule has 6 nitrogen and oxygen atoms in total. The third-order valence-corrected chi connectivity index (χ3v) is 2.42. The minimum atomic E-state index is 0.0732.